The van der Waals surface area contributed by atoms with Gasteiger partial charge in [0, 0.05) is 19.2 Å². The van der Waals surface area contributed by atoms with Crippen LogP contribution in [0.1, 0.15) is 209 Å². The minimum absolute atomic E-state index is 0.0864. The predicted molar refractivity (Wildman–Crippen MR) is 285 cm³/mol. The van der Waals surface area contributed by atoms with Crippen LogP contribution in [0.25, 0.3) is 0 Å². The molecule has 5 rings (SSSR count). The summed E-state index contributed by atoms with van der Waals surface area (Å²) in [6, 6.07) is 0.627. The smallest absolute Gasteiger partial charge is 0.0936 e. The zero-order valence-electron chi connectivity index (χ0n) is 45.6. The number of likely N-dealkylation sites (tertiary alicyclic amines) is 1. The van der Waals surface area contributed by atoms with Crippen molar-refractivity contribution in [2.45, 2.75) is 227 Å². The molecule has 1 saturated heterocycles. The Bertz CT molecular complexity index is 1400. The van der Waals surface area contributed by atoms with E-state index in [-0.39, 0.29) is 6.10 Å². The second-order valence-corrected chi connectivity index (χ2v) is 23.5. The van der Waals surface area contributed by atoms with Gasteiger partial charge in [-0.25, -0.2) is 0 Å². The molecule has 10 atom stereocenters. The summed E-state index contributed by atoms with van der Waals surface area (Å²) < 4.78 is 36.6. The van der Waals surface area contributed by atoms with Gasteiger partial charge in [0.05, 0.1) is 71.7 Å². The molecular weight excluding hydrogens is 843 g/mol. The third-order valence-corrected chi connectivity index (χ3v) is 18.1. The second-order valence-electron chi connectivity index (χ2n) is 23.5. The van der Waals surface area contributed by atoms with Crippen molar-refractivity contribution in [3.05, 3.63) is 36.0 Å². The Morgan fingerprint density at radius 1 is 0.676 bits per heavy atom. The predicted octanol–water partition coefficient (Wildman–Crippen LogP) is 15.2. The normalized spacial score (nSPS) is 29.5. The Labute approximate surface area is 420 Å². The lowest BCUT2D eigenvalue weighted by Gasteiger charge is -2.58. The number of unbranched alkanes of at least 4 members (excludes halogenated alkanes) is 9. The van der Waals surface area contributed by atoms with Gasteiger partial charge in [0.2, 0.25) is 0 Å². The molecule has 0 aromatic carbocycles. The van der Waals surface area contributed by atoms with E-state index in [0.717, 1.165) is 74.5 Å². The van der Waals surface area contributed by atoms with Crippen LogP contribution in [0.5, 0.6) is 0 Å². The van der Waals surface area contributed by atoms with Crippen LogP contribution < -0.4 is 0 Å². The van der Waals surface area contributed by atoms with Crippen LogP contribution in [-0.2, 0) is 28.4 Å². The zero-order valence-corrected chi connectivity index (χ0v) is 45.6. The van der Waals surface area contributed by atoms with Gasteiger partial charge in [-0.05, 0) is 163 Å². The lowest BCUT2D eigenvalue weighted by Crippen LogP contribution is -2.51. The molecule has 68 heavy (non-hydrogen) atoms. The minimum atomic E-state index is 0.0864. The van der Waals surface area contributed by atoms with Gasteiger partial charge in [-0.3, -0.25) is 4.90 Å². The maximum absolute atomic E-state index is 6.45. The van der Waals surface area contributed by atoms with Gasteiger partial charge in [-0.2, -0.15) is 0 Å². The van der Waals surface area contributed by atoms with Crippen LogP contribution in [0.2, 0.25) is 0 Å². The number of fused-ring (bicyclic) bond motifs is 5. The van der Waals surface area contributed by atoms with E-state index in [1.54, 1.807) is 5.57 Å². The molecule has 0 aromatic heterocycles. The third-order valence-electron chi connectivity index (χ3n) is 18.1. The fraction of sp³-hybridized carbons (Fsp3) is 0.902. The first-order chi connectivity index (χ1) is 33.2. The highest BCUT2D eigenvalue weighted by molar-refractivity contribution is 5.25. The van der Waals surface area contributed by atoms with Crippen LogP contribution in [0.15, 0.2) is 36.0 Å². The number of ether oxygens (including phenoxy) is 6. The molecule has 0 amide bonds. The molecule has 0 aromatic rings. The van der Waals surface area contributed by atoms with Gasteiger partial charge in [-0.15, -0.1) is 0 Å². The molecule has 7 nitrogen and oxygen atoms in total. The zero-order chi connectivity index (χ0) is 48.3. The van der Waals surface area contributed by atoms with Gasteiger partial charge in [0.1, 0.15) is 0 Å². The fourth-order valence-corrected chi connectivity index (χ4v) is 14.0. The Morgan fingerprint density at radius 3 is 2.07 bits per heavy atom. The van der Waals surface area contributed by atoms with Crippen molar-refractivity contribution in [3.63, 3.8) is 0 Å². The van der Waals surface area contributed by atoms with Gasteiger partial charge in [-0.1, -0.05) is 135 Å². The van der Waals surface area contributed by atoms with Gasteiger partial charge < -0.3 is 28.4 Å². The molecule has 3 unspecified atom stereocenters. The van der Waals surface area contributed by atoms with Crippen LogP contribution in [0.3, 0.4) is 0 Å². The maximum Gasteiger partial charge on any atom is 0.0936 e. The summed E-state index contributed by atoms with van der Waals surface area (Å²) in [7, 11) is 0. The van der Waals surface area contributed by atoms with Crippen molar-refractivity contribution < 1.29 is 28.4 Å². The molecule has 3 saturated carbocycles. The molecule has 1 heterocycles. The van der Waals surface area contributed by atoms with E-state index >= 15 is 0 Å². The molecule has 0 bridgehead atoms. The molecule has 1 aliphatic heterocycles. The number of hydrogen-bond acceptors (Lipinski definition) is 7. The third kappa shape index (κ3) is 19.4. The average molecular weight is 953 g/mol. The monoisotopic (exact) mass is 952 g/mol. The van der Waals surface area contributed by atoms with Crippen molar-refractivity contribution in [3.8, 4) is 0 Å². The lowest BCUT2D eigenvalue weighted by molar-refractivity contribution is -0.0697. The molecule has 0 radical (unpaired) electrons. The Balaban J connectivity index is 0.839. The summed E-state index contributed by atoms with van der Waals surface area (Å²) in [6.07, 6.45) is 45.2. The largest absolute Gasteiger partial charge is 0.379 e. The first kappa shape index (κ1) is 57.8. The van der Waals surface area contributed by atoms with Crippen LogP contribution >= 0.6 is 0 Å². The summed E-state index contributed by atoms with van der Waals surface area (Å²) in [5, 5.41) is 0. The van der Waals surface area contributed by atoms with Crippen molar-refractivity contribution in [1.29, 1.82) is 0 Å². The highest BCUT2D eigenvalue weighted by atomic mass is 16.6. The fourth-order valence-electron chi connectivity index (χ4n) is 14.0. The SMILES string of the molecule is CCCCC/C=C\C/C=C\CCCCCCCCOCC(CN1CCCC1C)OCCOCCOCCOCCO[C@H]1CC[C@@]2(C)C(=CC[C@H]3[C@@H]4CC[C@H]([C@H](C)CCCC(C)C)C4(C)CC[C@@H]32)C1. The van der Waals surface area contributed by atoms with Crippen molar-refractivity contribution in [2.24, 2.45) is 46.3 Å². The Hall–Kier alpha value is -1.06. The van der Waals surface area contributed by atoms with E-state index in [4.69, 9.17) is 28.4 Å². The number of allylic oxidation sites excluding steroid dienone is 5. The van der Waals surface area contributed by atoms with Crippen LogP contribution in [-0.4, -0.2) is 102 Å². The lowest BCUT2D eigenvalue weighted by atomic mass is 9.47. The molecule has 7 heteroatoms. The highest BCUT2D eigenvalue weighted by Gasteiger charge is 2.59. The highest BCUT2D eigenvalue weighted by Crippen LogP contribution is 2.67. The first-order valence-electron chi connectivity index (χ1n) is 29.4. The maximum atomic E-state index is 6.45. The summed E-state index contributed by atoms with van der Waals surface area (Å²) in [5.41, 5.74) is 2.66. The number of nitrogens with zero attached hydrogens (tertiary/aromatic N) is 1. The summed E-state index contributed by atoms with van der Waals surface area (Å²) in [6.45, 7) is 25.7. The van der Waals surface area contributed by atoms with E-state index in [9.17, 15) is 0 Å². The van der Waals surface area contributed by atoms with E-state index in [1.165, 1.54) is 141 Å². The van der Waals surface area contributed by atoms with E-state index in [2.05, 4.69) is 83.7 Å². The summed E-state index contributed by atoms with van der Waals surface area (Å²) in [4.78, 5) is 2.56. The van der Waals surface area contributed by atoms with E-state index < -0.39 is 0 Å². The Morgan fingerprint density at radius 2 is 1.37 bits per heavy atom. The van der Waals surface area contributed by atoms with Crippen molar-refractivity contribution in [2.75, 3.05) is 79.2 Å². The molecular formula is C61H109NO6. The quantitative estimate of drug-likeness (QED) is 0.0451. The van der Waals surface area contributed by atoms with Gasteiger partial charge in [0.25, 0.3) is 0 Å². The summed E-state index contributed by atoms with van der Waals surface area (Å²) in [5.74, 6) is 5.33. The number of rotatable bonds is 38. The average Bonchev–Trinajstić information content (AvgIpc) is 3.91. The summed E-state index contributed by atoms with van der Waals surface area (Å²) >= 11 is 0. The minimum Gasteiger partial charge on any atom is -0.379 e. The molecule has 4 fully saturated rings. The Kier molecular flexibility index (Phi) is 28.0. The molecule has 0 spiro atoms. The molecule has 0 N–H and O–H groups in total. The molecule has 394 valence electrons. The topological polar surface area (TPSA) is 58.6 Å². The van der Waals surface area contributed by atoms with E-state index in [0.29, 0.717) is 82.4 Å². The standard InChI is InChI=1S/C61H109NO6/c1-8-9-10-11-12-13-14-15-16-17-18-19-20-21-22-23-38-66-49-55(48-62-37-25-28-52(62)5)68-46-44-65-42-40-63-39-41-64-43-45-67-54-33-35-60(6)53(47-54)29-30-56-58-32-31-57(51(4)27-24-26-50(2)3)61(58,7)36-34-59(56)60/h12-13,15-16,29,50-52,54-59H,8-11,14,17-28,30-49H2,1-7H3/b13-12-,16-15-/t51-,52?,54+,55?,56+,57-,58+,59+,60+,61?/m1/s1. The van der Waals surface area contributed by atoms with Gasteiger partial charge >= 0.3 is 0 Å². The van der Waals surface area contributed by atoms with Crippen LogP contribution in [0, 0.1) is 46.3 Å². The van der Waals surface area contributed by atoms with Crippen LogP contribution in [0.4, 0.5) is 0 Å². The molecule has 4 aliphatic carbocycles. The van der Waals surface area contributed by atoms with E-state index in [1.807, 2.05) is 0 Å². The van der Waals surface area contributed by atoms with Crippen molar-refractivity contribution in [1.82, 2.24) is 4.90 Å². The second kappa shape index (κ2) is 32.9. The molecule has 5 aliphatic rings. The first-order valence-corrected chi connectivity index (χ1v) is 29.4. The number of hydrogen-bond donors (Lipinski definition) is 0. The van der Waals surface area contributed by atoms with Crippen molar-refractivity contribution >= 4 is 0 Å². The van der Waals surface area contributed by atoms with Gasteiger partial charge in [0.15, 0.2) is 0 Å².